The molecule has 0 amide bonds. The molecule has 2 aromatic carbocycles. The Morgan fingerprint density at radius 1 is 1.03 bits per heavy atom. The highest BCUT2D eigenvalue weighted by Gasteiger charge is 2.22. The molecule has 0 spiro atoms. The maximum Gasteiger partial charge on any atom is 0.355 e. The summed E-state index contributed by atoms with van der Waals surface area (Å²) >= 11 is 0. The lowest BCUT2D eigenvalue weighted by molar-refractivity contribution is 0.0591. The van der Waals surface area contributed by atoms with E-state index in [1.165, 1.54) is 7.11 Å². The Morgan fingerprint density at radius 3 is 2.47 bits per heavy atom. The molecule has 0 saturated heterocycles. The van der Waals surface area contributed by atoms with E-state index in [4.69, 9.17) is 14.7 Å². The van der Waals surface area contributed by atoms with Crippen LogP contribution in [0.25, 0.3) is 33.2 Å². The van der Waals surface area contributed by atoms with Crippen LogP contribution in [0.1, 0.15) is 40.1 Å². The van der Waals surface area contributed by atoms with Crippen LogP contribution >= 0.6 is 0 Å². The van der Waals surface area contributed by atoms with Gasteiger partial charge in [0.2, 0.25) is 0 Å². The van der Waals surface area contributed by atoms with Crippen LogP contribution in [0.2, 0.25) is 0 Å². The van der Waals surface area contributed by atoms with Gasteiger partial charge in [-0.1, -0.05) is 49.4 Å². The van der Waals surface area contributed by atoms with E-state index >= 15 is 0 Å². The smallest absolute Gasteiger partial charge is 0.355 e. The summed E-state index contributed by atoms with van der Waals surface area (Å²) in [4.78, 5) is 22.3. The Bertz CT molecular complexity index is 1540. The van der Waals surface area contributed by atoms with E-state index in [1.54, 1.807) is 0 Å². The highest BCUT2D eigenvalue weighted by Crippen LogP contribution is 2.35. The van der Waals surface area contributed by atoms with Gasteiger partial charge in [-0.2, -0.15) is 0 Å². The summed E-state index contributed by atoms with van der Waals surface area (Å²) in [5.41, 5.74) is 8.63. The molecule has 0 aliphatic rings. The summed E-state index contributed by atoms with van der Waals surface area (Å²) < 4.78 is 9.23. The van der Waals surface area contributed by atoms with Crippen LogP contribution in [0.3, 0.4) is 0 Å². The quantitative estimate of drug-likeness (QED) is 0.326. The second-order valence-electron chi connectivity index (χ2n) is 8.71. The molecular formula is C28H28N4O2. The molecule has 5 aromatic rings. The third kappa shape index (κ3) is 3.46. The number of carbonyl (C=O) groups excluding carboxylic acids is 1. The molecule has 0 aliphatic carbocycles. The van der Waals surface area contributed by atoms with Crippen LogP contribution in [0.15, 0.2) is 54.6 Å². The number of carbonyl (C=O) groups is 1. The van der Waals surface area contributed by atoms with Crippen molar-refractivity contribution in [3.8, 4) is 11.1 Å². The predicted molar refractivity (Wildman–Crippen MR) is 135 cm³/mol. The molecular weight excluding hydrogens is 424 g/mol. The third-order valence-electron chi connectivity index (χ3n) is 6.49. The molecule has 0 bridgehead atoms. The van der Waals surface area contributed by atoms with Gasteiger partial charge in [0.1, 0.15) is 17.0 Å². The van der Waals surface area contributed by atoms with Gasteiger partial charge in [0.25, 0.3) is 0 Å². The molecule has 0 atom stereocenters. The molecule has 0 N–H and O–H groups in total. The van der Waals surface area contributed by atoms with Crippen molar-refractivity contribution in [2.75, 3.05) is 7.11 Å². The summed E-state index contributed by atoms with van der Waals surface area (Å²) in [6.45, 7) is 6.92. The van der Waals surface area contributed by atoms with Crippen LogP contribution < -0.4 is 0 Å². The van der Waals surface area contributed by atoms with Crippen molar-refractivity contribution in [2.45, 2.75) is 33.7 Å². The lowest BCUT2D eigenvalue weighted by atomic mass is 10.0. The number of pyridine rings is 1. The van der Waals surface area contributed by atoms with Gasteiger partial charge in [0.05, 0.1) is 13.7 Å². The number of aromatic nitrogens is 4. The number of rotatable bonds is 5. The SMILES string of the molecule is CCc1nc2c(C)cc(C)nc2n1Cc1ccc(-c2c(C(=O)OC)n(C)c3ccccc23)cc1. The molecule has 0 unspecified atom stereocenters. The van der Waals surface area contributed by atoms with Crippen molar-refractivity contribution in [2.24, 2.45) is 7.05 Å². The first-order valence-electron chi connectivity index (χ1n) is 11.5. The second-order valence-corrected chi connectivity index (χ2v) is 8.71. The van der Waals surface area contributed by atoms with Gasteiger partial charge in [0.15, 0.2) is 5.65 Å². The largest absolute Gasteiger partial charge is 0.464 e. The van der Waals surface area contributed by atoms with E-state index in [1.807, 2.05) is 42.8 Å². The topological polar surface area (TPSA) is 61.9 Å². The van der Waals surface area contributed by atoms with E-state index in [9.17, 15) is 4.79 Å². The summed E-state index contributed by atoms with van der Waals surface area (Å²) in [6, 6.07) is 18.5. The zero-order chi connectivity index (χ0) is 24.0. The van der Waals surface area contributed by atoms with Gasteiger partial charge in [0, 0.05) is 35.6 Å². The number of benzene rings is 2. The number of fused-ring (bicyclic) bond motifs is 2. The maximum absolute atomic E-state index is 12.7. The first kappa shape index (κ1) is 21.9. The van der Waals surface area contributed by atoms with E-state index in [2.05, 4.69) is 48.7 Å². The molecule has 0 fully saturated rings. The van der Waals surface area contributed by atoms with Gasteiger partial charge in [-0.25, -0.2) is 14.8 Å². The Balaban J connectivity index is 1.58. The standard InChI is InChI=1S/C28H28N4O2/c1-6-23-30-25-17(2)15-18(3)29-27(25)32(23)16-19-11-13-20(14-12-19)24-21-9-7-8-10-22(21)31(4)26(24)28(33)34-5/h7-15H,6,16H2,1-5H3. The molecule has 34 heavy (non-hydrogen) atoms. The molecule has 0 saturated carbocycles. The number of hydrogen-bond acceptors (Lipinski definition) is 4. The Hall–Kier alpha value is -3.93. The minimum absolute atomic E-state index is 0.341. The molecule has 6 heteroatoms. The number of ether oxygens (including phenoxy) is 1. The van der Waals surface area contributed by atoms with E-state index in [-0.39, 0.29) is 5.97 Å². The zero-order valence-corrected chi connectivity index (χ0v) is 20.2. The second kappa shape index (κ2) is 8.45. The van der Waals surface area contributed by atoms with E-state index in [0.29, 0.717) is 12.2 Å². The van der Waals surface area contributed by atoms with Crippen molar-refractivity contribution in [3.63, 3.8) is 0 Å². The van der Waals surface area contributed by atoms with Crippen molar-refractivity contribution < 1.29 is 9.53 Å². The lowest BCUT2D eigenvalue weighted by Crippen LogP contribution is -2.09. The summed E-state index contributed by atoms with van der Waals surface area (Å²) in [5.74, 6) is 0.689. The third-order valence-corrected chi connectivity index (χ3v) is 6.49. The van der Waals surface area contributed by atoms with Crippen LogP contribution in [0.4, 0.5) is 0 Å². The van der Waals surface area contributed by atoms with Gasteiger partial charge in [-0.3, -0.25) is 0 Å². The van der Waals surface area contributed by atoms with Crippen LogP contribution in [-0.2, 0) is 24.8 Å². The first-order chi connectivity index (χ1) is 16.4. The highest BCUT2D eigenvalue weighted by atomic mass is 16.5. The van der Waals surface area contributed by atoms with Gasteiger partial charge < -0.3 is 13.9 Å². The monoisotopic (exact) mass is 452 g/mol. The normalized spacial score (nSPS) is 11.4. The van der Waals surface area contributed by atoms with Gasteiger partial charge >= 0.3 is 5.97 Å². The molecule has 0 aliphatic heterocycles. The molecule has 6 nitrogen and oxygen atoms in total. The summed E-state index contributed by atoms with van der Waals surface area (Å²) in [5, 5.41) is 1.03. The van der Waals surface area contributed by atoms with Gasteiger partial charge in [-0.05, 0) is 42.7 Å². The predicted octanol–water partition coefficient (Wildman–Crippen LogP) is 5.60. The Labute approximate surface area is 198 Å². The minimum Gasteiger partial charge on any atom is -0.464 e. The van der Waals surface area contributed by atoms with E-state index < -0.39 is 0 Å². The van der Waals surface area contributed by atoms with Crippen molar-refractivity contribution in [1.82, 2.24) is 19.1 Å². The van der Waals surface area contributed by atoms with Crippen molar-refractivity contribution in [1.29, 1.82) is 0 Å². The number of methoxy groups -OCH3 is 1. The van der Waals surface area contributed by atoms with Crippen LogP contribution in [0, 0.1) is 13.8 Å². The fourth-order valence-electron chi connectivity index (χ4n) is 4.86. The molecule has 172 valence electrons. The van der Waals surface area contributed by atoms with Crippen molar-refractivity contribution in [3.05, 3.63) is 82.9 Å². The Kier molecular flexibility index (Phi) is 5.44. The minimum atomic E-state index is -0.341. The fraction of sp³-hybridized carbons (Fsp3) is 0.250. The maximum atomic E-state index is 12.7. The molecule has 3 heterocycles. The average molecular weight is 453 g/mol. The highest BCUT2D eigenvalue weighted by molar-refractivity contribution is 6.08. The summed E-state index contributed by atoms with van der Waals surface area (Å²) in [7, 11) is 3.32. The zero-order valence-electron chi connectivity index (χ0n) is 20.2. The Morgan fingerprint density at radius 2 is 1.76 bits per heavy atom. The number of imidazole rings is 1. The lowest BCUT2D eigenvalue weighted by Gasteiger charge is -2.10. The molecule has 3 aromatic heterocycles. The molecule has 5 rings (SSSR count). The number of para-hydroxylation sites is 1. The van der Waals surface area contributed by atoms with Crippen LogP contribution in [-0.4, -0.2) is 32.2 Å². The number of aryl methyl sites for hydroxylation is 4. The van der Waals surface area contributed by atoms with E-state index in [0.717, 1.165) is 62.3 Å². The average Bonchev–Trinajstić information content (AvgIpc) is 3.34. The van der Waals surface area contributed by atoms with Gasteiger partial charge in [-0.15, -0.1) is 0 Å². The molecule has 0 radical (unpaired) electrons. The fourth-order valence-corrected chi connectivity index (χ4v) is 4.86. The number of esters is 1. The number of nitrogens with zero attached hydrogens (tertiary/aromatic N) is 4. The first-order valence-corrected chi connectivity index (χ1v) is 11.5. The number of hydrogen-bond donors (Lipinski definition) is 0. The summed E-state index contributed by atoms with van der Waals surface area (Å²) in [6.07, 6.45) is 0.839. The van der Waals surface area contributed by atoms with Crippen LogP contribution in [0.5, 0.6) is 0 Å². The van der Waals surface area contributed by atoms with Crippen molar-refractivity contribution >= 4 is 28.0 Å².